The monoisotopic (exact) mass is 298 g/mol. The van der Waals surface area contributed by atoms with Gasteiger partial charge in [0.15, 0.2) is 0 Å². The highest BCUT2D eigenvalue weighted by Gasteiger charge is 2.32. The van der Waals surface area contributed by atoms with Crippen LogP contribution in [0.1, 0.15) is 39.3 Å². The van der Waals surface area contributed by atoms with Gasteiger partial charge < -0.3 is 10.0 Å². The summed E-state index contributed by atoms with van der Waals surface area (Å²) in [6.45, 7) is 7.62. The van der Waals surface area contributed by atoms with E-state index in [0.717, 1.165) is 0 Å². The molecule has 0 amide bonds. The van der Waals surface area contributed by atoms with Gasteiger partial charge in [0.2, 0.25) is 5.82 Å². The fourth-order valence-electron chi connectivity index (χ4n) is 2.27. The van der Waals surface area contributed by atoms with Crippen LogP contribution < -0.4 is 4.90 Å². The van der Waals surface area contributed by atoms with Crippen molar-refractivity contribution < 1.29 is 14.8 Å². The average molecular weight is 298 g/mol. The van der Waals surface area contributed by atoms with Crippen molar-refractivity contribution in [2.45, 2.75) is 33.6 Å². The molecular weight excluding hydrogens is 276 g/mol. The predicted molar refractivity (Wildman–Crippen MR) is 78.6 cm³/mol. The molecule has 0 atom stereocenters. The van der Waals surface area contributed by atoms with E-state index in [2.05, 4.69) is 5.10 Å². The van der Waals surface area contributed by atoms with E-state index in [1.807, 2.05) is 27.7 Å². The second-order valence-electron chi connectivity index (χ2n) is 5.76. The molecule has 8 heteroatoms. The number of aromatic nitrogens is 2. The van der Waals surface area contributed by atoms with Gasteiger partial charge in [-0.2, -0.15) is 5.10 Å². The number of hydrogen-bond donors (Lipinski definition) is 1. The zero-order valence-corrected chi connectivity index (χ0v) is 13.0. The van der Waals surface area contributed by atoms with Gasteiger partial charge in [0, 0.05) is 19.5 Å². The number of anilines is 1. The zero-order chi connectivity index (χ0) is 16.3. The zero-order valence-electron chi connectivity index (χ0n) is 13.0. The van der Waals surface area contributed by atoms with Crippen molar-refractivity contribution in [1.82, 2.24) is 9.78 Å². The summed E-state index contributed by atoms with van der Waals surface area (Å²) in [5.74, 6) is -0.727. The molecule has 0 bridgehead atoms. The van der Waals surface area contributed by atoms with E-state index in [4.69, 9.17) is 5.11 Å². The van der Waals surface area contributed by atoms with Crippen LogP contribution in [0.3, 0.4) is 0 Å². The van der Waals surface area contributed by atoms with Gasteiger partial charge in [-0.3, -0.25) is 14.9 Å². The van der Waals surface area contributed by atoms with E-state index in [1.54, 1.807) is 7.05 Å². The molecule has 0 aliphatic heterocycles. The molecule has 0 aliphatic carbocycles. The first kappa shape index (κ1) is 16.9. The van der Waals surface area contributed by atoms with Gasteiger partial charge in [-0.15, -0.1) is 0 Å². The minimum absolute atomic E-state index is 0.102. The maximum atomic E-state index is 11.4. The first-order chi connectivity index (χ1) is 9.65. The van der Waals surface area contributed by atoms with Crippen LogP contribution in [-0.2, 0) is 11.8 Å². The van der Waals surface area contributed by atoms with Gasteiger partial charge in [-0.25, -0.2) is 4.68 Å². The molecule has 0 saturated heterocycles. The number of carboxylic acid groups (broad SMARTS) is 1. The second kappa shape index (κ2) is 6.55. The quantitative estimate of drug-likeness (QED) is 0.610. The van der Waals surface area contributed by atoms with Crippen molar-refractivity contribution in [2.75, 3.05) is 18.0 Å². The molecule has 0 unspecified atom stereocenters. The largest absolute Gasteiger partial charge is 0.480 e. The first-order valence-corrected chi connectivity index (χ1v) is 6.83. The SMILES string of the molecule is CC(C)CN(CC(=O)O)c1c([N+](=O)[O-])c(C(C)C)nn1C. The Morgan fingerprint density at radius 2 is 2.00 bits per heavy atom. The number of aryl methyl sites for hydroxylation is 1. The van der Waals surface area contributed by atoms with Gasteiger partial charge in [-0.05, 0) is 5.92 Å². The molecule has 1 heterocycles. The van der Waals surface area contributed by atoms with Crippen LogP contribution >= 0.6 is 0 Å². The average Bonchev–Trinajstić information content (AvgIpc) is 2.64. The lowest BCUT2D eigenvalue weighted by Gasteiger charge is -2.23. The van der Waals surface area contributed by atoms with E-state index in [0.29, 0.717) is 12.2 Å². The van der Waals surface area contributed by atoms with E-state index < -0.39 is 10.9 Å². The highest BCUT2D eigenvalue weighted by Crippen LogP contribution is 2.35. The Hall–Kier alpha value is -2.12. The predicted octanol–water partition coefficient (Wildman–Crippen LogP) is 2.00. The van der Waals surface area contributed by atoms with Crippen molar-refractivity contribution in [3.05, 3.63) is 15.8 Å². The van der Waals surface area contributed by atoms with Gasteiger partial charge in [-0.1, -0.05) is 27.7 Å². The minimum Gasteiger partial charge on any atom is -0.480 e. The van der Waals surface area contributed by atoms with Crippen LogP contribution in [0.2, 0.25) is 0 Å². The van der Waals surface area contributed by atoms with E-state index >= 15 is 0 Å². The summed E-state index contributed by atoms with van der Waals surface area (Å²) in [6, 6.07) is 0. The molecule has 1 N–H and O–H groups in total. The van der Waals surface area contributed by atoms with Crippen LogP contribution in [0.15, 0.2) is 0 Å². The minimum atomic E-state index is -1.03. The van der Waals surface area contributed by atoms with Gasteiger partial charge in [0.1, 0.15) is 12.2 Å². The molecule has 118 valence electrons. The summed E-state index contributed by atoms with van der Waals surface area (Å²) < 4.78 is 1.40. The molecule has 21 heavy (non-hydrogen) atoms. The number of nitro groups is 1. The number of nitrogens with zero attached hydrogens (tertiary/aromatic N) is 4. The number of rotatable bonds is 7. The number of carbonyl (C=O) groups is 1. The van der Waals surface area contributed by atoms with Gasteiger partial charge in [0.25, 0.3) is 0 Å². The third-order valence-corrected chi connectivity index (χ3v) is 2.96. The van der Waals surface area contributed by atoms with Crippen LogP contribution in [-0.4, -0.2) is 38.9 Å². The smallest absolute Gasteiger partial charge is 0.334 e. The van der Waals surface area contributed by atoms with E-state index in [9.17, 15) is 14.9 Å². The van der Waals surface area contributed by atoms with E-state index in [1.165, 1.54) is 9.58 Å². The molecule has 0 saturated carbocycles. The van der Waals surface area contributed by atoms with E-state index in [-0.39, 0.29) is 29.9 Å². The molecular formula is C13H22N4O4. The Kier molecular flexibility index (Phi) is 5.28. The number of carboxylic acids is 1. The molecule has 0 fully saturated rings. The van der Waals surface area contributed by atoms with Crippen molar-refractivity contribution in [3.8, 4) is 0 Å². The topological polar surface area (TPSA) is 102 Å². The summed E-state index contributed by atoms with van der Waals surface area (Å²) in [5.41, 5.74) is 0.269. The van der Waals surface area contributed by atoms with Crippen LogP contribution in [0.4, 0.5) is 11.5 Å². The standard InChI is InChI=1S/C13H22N4O4/c1-8(2)6-16(7-10(18)19)13-12(17(20)21)11(9(3)4)14-15(13)5/h8-9H,6-7H2,1-5H3,(H,18,19). The summed E-state index contributed by atoms with van der Waals surface area (Å²) in [4.78, 5) is 23.5. The van der Waals surface area contributed by atoms with Gasteiger partial charge >= 0.3 is 11.7 Å². The maximum Gasteiger partial charge on any atom is 0.334 e. The Morgan fingerprint density at radius 1 is 1.43 bits per heavy atom. The molecule has 1 rings (SSSR count). The lowest BCUT2D eigenvalue weighted by Crippen LogP contribution is -2.34. The molecule has 1 aromatic rings. The molecule has 0 radical (unpaired) electrons. The molecule has 0 aliphatic rings. The summed E-state index contributed by atoms with van der Waals surface area (Å²) >= 11 is 0. The highest BCUT2D eigenvalue weighted by atomic mass is 16.6. The third kappa shape index (κ3) is 3.93. The number of aliphatic carboxylic acids is 1. The lowest BCUT2D eigenvalue weighted by molar-refractivity contribution is -0.385. The summed E-state index contributed by atoms with van der Waals surface area (Å²) in [5, 5.41) is 24.7. The Bertz CT molecular complexity index is 537. The van der Waals surface area contributed by atoms with Crippen molar-refractivity contribution in [1.29, 1.82) is 0 Å². The highest BCUT2D eigenvalue weighted by molar-refractivity contribution is 5.75. The molecule has 8 nitrogen and oxygen atoms in total. The van der Waals surface area contributed by atoms with Crippen molar-refractivity contribution in [3.63, 3.8) is 0 Å². The Morgan fingerprint density at radius 3 is 2.38 bits per heavy atom. The lowest BCUT2D eigenvalue weighted by atomic mass is 10.1. The first-order valence-electron chi connectivity index (χ1n) is 6.83. The molecule has 0 spiro atoms. The maximum absolute atomic E-state index is 11.4. The third-order valence-electron chi connectivity index (χ3n) is 2.96. The van der Waals surface area contributed by atoms with Crippen molar-refractivity contribution >= 4 is 17.5 Å². The second-order valence-corrected chi connectivity index (χ2v) is 5.76. The summed E-state index contributed by atoms with van der Waals surface area (Å²) in [7, 11) is 1.60. The summed E-state index contributed by atoms with van der Waals surface area (Å²) in [6.07, 6.45) is 0. The fourth-order valence-corrected chi connectivity index (χ4v) is 2.27. The molecule has 0 aromatic carbocycles. The fraction of sp³-hybridized carbons (Fsp3) is 0.692. The van der Waals surface area contributed by atoms with Crippen molar-refractivity contribution in [2.24, 2.45) is 13.0 Å². The normalized spacial score (nSPS) is 11.2. The Labute approximate surface area is 123 Å². The Balaban J connectivity index is 3.41. The van der Waals surface area contributed by atoms with Crippen LogP contribution in [0, 0.1) is 16.0 Å². The number of hydrogen-bond acceptors (Lipinski definition) is 5. The van der Waals surface area contributed by atoms with Crippen LogP contribution in [0.25, 0.3) is 0 Å². The van der Waals surface area contributed by atoms with Crippen LogP contribution in [0.5, 0.6) is 0 Å². The van der Waals surface area contributed by atoms with Gasteiger partial charge in [0.05, 0.1) is 4.92 Å². The molecule has 1 aromatic heterocycles.